The van der Waals surface area contributed by atoms with Crippen molar-refractivity contribution >= 4 is 44.3 Å². The number of benzene rings is 2. The molecule has 0 saturated heterocycles. The van der Waals surface area contributed by atoms with Crippen LogP contribution in [0.25, 0.3) is 11.1 Å². The van der Waals surface area contributed by atoms with Crippen LogP contribution in [0.5, 0.6) is 0 Å². The Bertz CT molecular complexity index is 1260. The quantitative estimate of drug-likeness (QED) is 0.584. The van der Waals surface area contributed by atoms with Gasteiger partial charge in [0.25, 0.3) is 0 Å². The molecule has 9 nitrogen and oxygen atoms in total. The number of rotatable bonds is 6. The van der Waals surface area contributed by atoms with Crippen LogP contribution in [0.1, 0.15) is 33.6 Å². The molecule has 170 valence electrons. The summed E-state index contributed by atoms with van der Waals surface area (Å²) in [7, 11) is -2.56. The fraction of sp³-hybridized carbons (Fsp3) is 0.318. The lowest BCUT2D eigenvalue weighted by Crippen LogP contribution is -2.34. The predicted molar refractivity (Wildman–Crippen MR) is 122 cm³/mol. The molecular formula is C22H26N4O5S. The van der Waals surface area contributed by atoms with Crippen LogP contribution in [-0.4, -0.2) is 43.1 Å². The number of amides is 2. The second-order valence-corrected chi connectivity index (χ2v) is 10.5. The predicted octanol–water partition coefficient (Wildman–Crippen LogP) is 3.34. The summed E-state index contributed by atoms with van der Waals surface area (Å²) in [6.45, 7) is 6.96. The van der Waals surface area contributed by atoms with Gasteiger partial charge in [0.05, 0.1) is 11.4 Å². The van der Waals surface area contributed by atoms with Gasteiger partial charge < -0.3 is 15.1 Å². The van der Waals surface area contributed by atoms with Crippen molar-refractivity contribution in [1.29, 1.82) is 0 Å². The molecule has 1 aromatic heterocycles. The van der Waals surface area contributed by atoms with Crippen LogP contribution in [0.2, 0.25) is 0 Å². The van der Waals surface area contributed by atoms with Crippen molar-refractivity contribution in [1.82, 2.24) is 9.29 Å². The van der Waals surface area contributed by atoms with Crippen molar-refractivity contribution in [3.8, 4) is 0 Å². The molecule has 0 aliphatic rings. The third-order valence-electron chi connectivity index (χ3n) is 4.56. The lowest BCUT2D eigenvalue weighted by molar-refractivity contribution is -0.116. The van der Waals surface area contributed by atoms with Crippen LogP contribution in [0.3, 0.4) is 0 Å². The van der Waals surface area contributed by atoms with Crippen molar-refractivity contribution in [2.24, 2.45) is 0 Å². The Labute approximate surface area is 186 Å². The van der Waals surface area contributed by atoms with Crippen molar-refractivity contribution in [3.05, 3.63) is 48.4 Å². The van der Waals surface area contributed by atoms with E-state index in [1.807, 2.05) is 20.8 Å². The van der Waals surface area contributed by atoms with Crippen LogP contribution >= 0.6 is 0 Å². The van der Waals surface area contributed by atoms with Crippen molar-refractivity contribution in [3.63, 3.8) is 0 Å². The summed E-state index contributed by atoms with van der Waals surface area (Å²) >= 11 is 0. The maximum Gasteiger partial charge on any atom is 0.243 e. The molecule has 0 aliphatic carbocycles. The van der Waals surface area contributed by atoms with Gasteiger partial charge in [-0.2, -0.15) is 4.31 Å². The lowest BCUT2D eigenvalue weighted by atomic mass is 9.97. The fourth-order valence-electron chi connectivity index (χ4n) is 2.91. The molecule has 0 spiro atoms. The summed E-state index contributed by atoms with van der Waals surface area (Å²) < 4.78 is 32.2. The third-order valence-corrected chi connectivity index (χ3v) is 6.38. The minimum absolute atomic E-state index is 0.0145. The standard InChI is InChI=1S/C22H26N4O5S/c1-14(27)23-15-6-9-17(10-7-15)32(29,30)26(5)13-20(28)24-16-8-11-19-18(12-16)25-21(31-19)22(2,3)4/h6-12H,13H2,1-5H3,(H,23,27)(H,24,28). The van der Waals surface area contributed by atoms with E-state index in [0.29, 0.717) is 28.4 Å². The maximum absolute atomic E-state index is 12.8. The molecule has 3 rings (SSSR count). The molecule has 0 atom stereocenters. The summed E-state index contributed by atoms with van der Waals surface area (Å²) in [5.74, 6) is -0.163. The molecule has 0 fully saturated rings. The van der Waals surface area contributed by atoms with Gasteiger partial charge in [0, 0.05) is 30.8 Å². The molecule has 0 unspecified atom stereocenters. The number of anilines is 2. The number of oxazole rings is 1. The van der Waals surface area contributed by atoms with Crippen LogP contribution in [0.15, 0.2) is 51.8 Å². The number of carbonyl (C=O) groups excluding carboxylic acids is 2. The third kappa shape index (κ3) is 5.32. The number of nitrogens with zero attached hydrogens (tertiary/aromatic N) is 2. The number of hydrogen-bond donors (Lipinski definition) is 2. The topological polar surface area (TPSA) is 122 Å². The zero-order chi connectivity index (χ0) is 23.7. The molecule has 0 radical (unpaired) electrons. The van der Waals surface area contributed by atoms with Gasteiger partial charge in [0.15, 0.2) is 5.58 Å². The normalized spacial score (nSPS) is 12.2. The highest BCUT2D eigenvalue weighted by atomic mass is 32.2. The minimum atomic E-state index is -3.89. The molecule has 1 heterocycles. The first-order valence-electron chi connectivity index (χ1n) is 9.91. The van der Waals surface area contributed by atoms with E-state index in [2.05, 4.69) is 15.6 Å². The van der Waals surface area contributed by atoms with E-state index >= 15 is 0 Å². The Balaban J connectivity index is 1.69. The number of aromatic nitrogens is 1. The number of fused-ring (bicyclic) bond motifs is 1. The highest BCUT2D eigenvalue weighted by molar-refractivity contribution is 7.89. The summed E-state index contributed by atoms with van der Waals surface area (Å²) in [5, 5.41) is 5.26. The molecule has 10 heteroatoms. The maximum atomic E-state index is 12.8. The molecule has 2 N–H and O–H groups in total. The second kappa shape index (κ2) is 8.71. The molecular weight excluding hydrogens is 432 g/mol. The fourth-order valence-corrected chi connectivity index (χ4v) is 4.03. The molecule has 0 bridgehead atoms. The van der Waals surface area contributed by atoms with Gasteiger partial charge in [-0.3, -0.25) is 9.59 Å². The molecule has 3 aromatic rings. The van der Waals surface area contributed by atoms with Gasteiger partial charge in [-0.25, -0.2) is 13.4 Å². The highest BCUT2D eigenvalue weighted by Gasteiger charge is 2.24. The number of sulfonamides is 1. The zero-order valence-corrected chi connectivity index (χ0v) is 19.4. The first-order chi connectivity index (χ1) is 14.9. The second-order valence-electron chi connectivity index (χ2n) is 8.47. The largest absolute Gasteiger partial charge is 0.440 e. The summed E-state index contributed by atoms with van der Waals surface area (Å²) in [6, 6.07) is 10.8. The summed E-state index contributed by atoms with van der Waals surface area (Å²) in [4.78, 5) is 28.0. The minimum Gasteiger partial charge on any atom is -0.440 e. The average molecular weight is 459 g/mol. The van der Waals surface area contributed by atoms with Gasteiger partial charge in [0.2, 0.25) is 27.7 Å². The van der Waals surface area contributed by atoms with Gasteiger partial charge in [-0.05, 0) is 42.5 Å². The van der Waals surface area contributed by atoms with Crippen molar-refractivity contribution in [2.75, 3.05) is 24.2 Å². The number of nitrogens with one attached hydrogen (secondary N) is 2. The number of hydrogen-bond acceptors (Lipinski definition) is 6. The SMILES string of the molecule is CC(=O)Nc1ccc(S(=O)(=O)N(C)CC(=O)Nc2ccc3oc(C(C)(C)C)nc3c2)cc1. The highest BCUT2D eigenvalue weighted by Crippen LogP contribution is 2.27. The molecule has 0 saturated carbocycles. The van der Waals surface area contributed by atoms with Crippen LogP contribution in [0, 0.1) is 0 Å². The van der Waals surface area contributed by atoms with E-state index in [-0.39, 0.29) is 22.8 Å². The van der Waals surface area contributed by atoms with Crippen LogP contribution in [-0.2, 0) is 25.0 Å². The lowest BCUT2D eigenvalue weighted by Gasteiger charge is -2.17. The van der Waals surface area contributed by atoms with Gasteiger partial charge in [-0.1, -0.05) is 20.8 Å². The monoisotopic (exact) mass is 458 g/mol. The number of likely N-dealkylation sites (N-methyl/N-ethyl adjacent to an activating group) is 1. The summed E-state index contributed by atoms with van der Waals surface area (Å²) in [6.07, 6.45) is 0. The Morgan fingerprint density at radius 1 is 1.03 bits per heavy atom. The Morgan fingerprint density at radius 2 is 1.66 bits per heavy atom. The van der Waals surface area contributed by atoms with Crippen molar-refractivity contribution < 1.29 is 22.4 Å². The van der Waals surface area contributed by atoms with Crippen molar-refractivity contribution in [2.45, 2.75) is 38.0 Å². The van der Waals surface area contributed by atoms with E-state index in [1.54, 1.807) is 18.2 Å². The molecule has 0 aliphatic heterocycles. The van der Waals surface area contributed by atoms with Gasteiger partial charge in [0.1, 0.15) is 5.52 Å². The Morgan fingerprint density at radius 3 is 2.25 bits per heavy atom. The van der Waals surface area contributed by atoms with E-state index < -0.39 is 15.9 Å². The van der Waals surface area contributed by atoms with E-state index in [9.17, 15) is 18.0 Å². The first-order valence-corrected chi connectivity index (χ1v) is 11.4. The molecule has 2 amide bonds. The summed E-state index contributed by atoms with van der Waals surface area (Å²) in [5.41, 5.74) is 1.93. The van der Waals surface area contributed by atoms with E-state index in [4.69, 9.17) is 4.42 Å². The number of carbonyl (C=O) groups is 2. The Hall–Kier alpha value is -3.24. The van der Waals surface area contributed by atoms with Crippen LogP contribution < -0.4 is 10.6 Å². The average Bonchev–Trinajstić information content (AvgIpc) is 3.11. The first kappa shape index (κ1) is 23.4. The zero-order valence-electron chi connectivity index (χ0n) is 18.6. The van der Waals surface area contributed by atoms with E-state index in [1.165, 1.54) is 38.2 Å². The smallest absolute Gasteiger partial charge is 0.243 e. The van der Waals surface area contributed by atoms with Gasteiger partial charge in [-0.15, -0.1) is 0 Å². The Kier molecular flexibility index (Phi) is 6.38. The van der Waals surface area contributed by atoms with Gasteiger partial charge >= 0.3 is 0 Å². The van der Waals surface area contributed by atoms with E-state index in [0.717, 1.165) is 4.31 Å². The van der Waals surface area contributed by atoms with Crippen LogP contribution in [0.4, 0.5) is 11.4 Å². The molecule has 32 heavy (non-hydrogen) atoms. The molecule has 2 aromatic carbocycles.